The van der Waals surface area contributed by atoms with E-state index in [1.165, 1.54) is 11.5 Å². The third-order valence-electron chi connectivity index (χ3n) is 5.84. The van der Waals surface area contributed by atoms with Gasteiger partial charge >= 0.3 is 0 Å². The molecule has 0 aliphatic heterocycles. The summed E-state index contributed by atoms with van der Waals surface area (Å²) in [6.45, 7) is 0.321. The highest BCUT2D eigenvalue weighted by atomic mass is 16.5. The largest absolute Gasteiger partial charge is 0.490 e. The van der Waals surface area contributed by atoms with Gasteiger partial charge < -0.3 is 15.5 Å². The average Bonchev–Trinajstić information content (AvgIpc) is 3.28. The number of aromatic nitrogens is 3. The predicted molar refractivity (Wildman–Crippen MR) is 135 cm³/mol. The van der Waals surface area contributed by atoms with Gasteiger partial charge in [-0.2, -0.15) is 5.26 Å². The number of rotatable bonds is 7. The lowest BCUT2D eigenvalue weighted by atomic mass is 9.98. The molecule has 1 atom stereocenters. The Labute approximate surface area is 197 Å². The number of hydrogen-bond acceptors (Lipinski definition) is 5. The smallest absolute Gasteiger partial charge is 0.145 e. The highest BCUT2D eigenvalue weighted by molar-refractivity contribution is 5.89. The molecule has 34 heavy (non-hydrogen) atoms. The number of H-pyrrole nitrogens is 1. The van der Waals surface area contributed by atoms with Crippen molar-refractivity contribution in [1.29, 1.82) is 5.26 Å². The molecule has 3 heterocycles. The van der Waals surface area contributed by atoms with Crippen LogP contribution in [-0.2, 0) is 6.42 Å². The topological polar surface area (TPSA) is 101 Å². The lowest BCUT2D eigenvalue weighted by molar-refractivity contribution is 0.286. The van der Waals surface area contributed by atoms with E-state index in [1.54, 1.807) is 24.7 Å². The number of benzene rings is 2. The van der Waals surface area contributed by atoms with Crippen molar-refractivity contribution in [3.8, 4) is 22.9 Å². The van der Waals surface area contributed by atoms with Gasteiger partial charge in [-0.15, -0.1) is 0 Å². The number of para-hydroxylation sites is 1. The van der Waals surface area contributed by atoms with Crippen LogP contribution >= 0.6 is 0 Å². The Bertz CT molecular complexity index is 1530. The third kappa shape index (κ3) is 4.38. The molecule has 6 heteroatoms. The summed E-state index contributed by atoms with van der Waals surface area (Å²) in [6, 6.07) is 18.2. The quantitative estimate of drug-likeness (QED) is 0.333. The number of nitrogens with two attached hydrogens (primary N) is 1. The fraction of sp³-hybridized carbons (Fsp3) is 0.107. The summed E-state index contributed by atoms with van der Waals surface area (Å²) < 4.78 is 6.14. The molecule has 3 aromatic heterocycles. The van der Waals surface area contributed by atoms with Crippen LogP contribution in [0.15, 0.2) is 85.6 Å². The molecule has 3 N–H and O–H groups in total. The van der Waals surface area contributed by atoms with Crippen molar-refractivity contribution in [1.82, 2.24) is 15.0 Å². The Morgan fingerprint density at radius 2 is 1.97 bits per heavy atom. The Hall–Kier alpha value is -4.47. The standard InChI is InChI=1S/C28H23N5O/c29-10-3-5-25-26(20-7-8-21-14-31-11-9-19(21)12-20)16-32-17-28(25)34-18-23(30)13-22-15-33-27-6-2-1-4-24(22)27/h1-9,11-12,14-17,23,33H,13,18,30H2/t23-/m1/s1. The molecule has 0 aliphatic rings. The molecule has 5 rings (SSSR count). The number of aromatic amines is 1. The molecule has 2 aromatic carbocycles. The van der Waals surface area contributed by atoms with E-state index in [4.69, 9.17) is 15.7 Å². The summed E-state index contributed by atoms with van der Waals surface area (Å²) in [5, 5.41) is 12.5. The van der Waals surface area contributed by atoms with E-state index in [2.05, 4.69) is 39.2 Å². The van der Waals surface area contributed by atoms with Gasteiger partial charge in [0.2, 0.25) is 0 Å². The van der Waals surface area contributed by atoms with Gasteiger partial charge in [0.1, 0.15) is 12.4 Å². The van der Waals surface area contributed by atoms with E-state index >= 15 is 0 Å². The molecule has 0 saturated carbocycles. The van der Waals surface area contributed by atoms with Crippen molar-refractivity contribution >= 4 is 27.8 Å². The lowest BCUT2D eigenvalue weighted by Crippen LogP contribution is -2.30. The minimum atomic E-state index is -0.205. The fourth-order valence-electron chi connectivity index (χ4n) is 4.18. The number of ether oxygens (including phenoxy) is 1. The Kier molecular flexibility index (Phi) is 6.02. The van der Waals surface area contributed by atoms with Crippen LogP contribution < -0.4 is 10.5 Å². The molecule has 0 bridgehead atoms. The predicted octanol–water partition coefficient (Wildman–Crippen LogP) is 5.26. The number of hydrogen-bond donors (Lipinski definition) is 2. The highest BCUT2D eigenvalue weighted by Gasteiger charge is 2.14. The summed E-state index contributed by atoms with van der Waals surface area (Å²) in [4.78, 5) is 11.9. The first-order valence-electron chi connectivity index (χ1n) is 11.0. The monoisotopic (exact) mass is 445 g/mol. The summed E-state index contributed by atoms with van der Waals surface area (Å²) in [6.07, 6.45) is 13.0. The van der Waals surface area contributed by atoms with E-state index in [1.807, 2.05) is 42.7 Å². The first-order valence-corrected chi connectivity index (χ1v) is 11.0. The number of nitriles is 1. The van der Waals surface area contributed by atoms with Crippen molar-refractivity contribution in [2.75, 3.05) is 6.61 Å². The van der Waals surface area contributed by atoms with Crippen molar-refractivity contribution in [2.24, 2.45) is 5.73 Å². The van der Waals surface area contributed by atoms with E-state index < -0.39 is 0 Å². The van der Waals surface area contributed by atoms with Gasteiger partial charge in [-0.3, -0.25) is 9.97 Å². The van der Waals surface area contributed by atoms with Gasteiger partial charge in [0.05, 0.1) is 12.3 Å². The van der Waals surface area contributed by atoms with Gasteiger partial charge in [-0.1, -0.05) is 30.3 Å². The van der Waals surface area contributed by atoms with E-state index in [0.717, 1.165) is 38.5 Å². The van der Waals surface area contributed by atoms with Crippen LogP contribution in [0.3, 0.4) is 0 Å². The maximum absolute atomic E-state index is 9.15. The van der Waals surface area contributed by atoms with Crippen LogP contribution in [0, 0.1) is 11.3 Å². The molecule has 0 fully saturated rings. The van der Waals surface area contributed by atoms with Crippen LogP contribution in [0.5, 0.6) is 5.75 Å². The number of fused-ring (bicyclic) bond motifs is 2. The summed E-state index contributed by atoms with van der Waals surface area (Å²) in [5.74, 6) is 0.591. The number of pyridine rings is 2. The average molecular weight is 446 g/mol. The minimum absolute atomic E-state index is 0.205. The molecule has 0 spiro atoms. The number of nitrogens with one attached hydrogen (secondary N) is 1. The van der Waals surface area contributed by atoms with Crippen LogP contribution in [0.4, 0.5) is 0 Å². The molecule has 0 radical (unpaired) electrons. The van der Waals surface area contributed by atoms with E-state index in [9.17, 15) is 0 Å². The number of nitrogens with zero attached hydrogens (tertiary/aromatic N) is 3. The maximum atomic E-state index is 9.15. The van der Waals surface area contributed by atoms with E-state index in [0.29, 0.717) is 18.8 Å². The summed E-state index contributed by atoms with van der Waals surface area (Å²) in [5.41, 5.74) is 11.3. The molecule has 6 nitrogen and oxygen atoms in total. The zero-order valence-electron chi connectivity index (χ0n) is 18.5. The van der Waals surface area contributed by atoms with Crippen LogP contribution in [-0.4, -0.2) is 27.6 Å². The third-order valence-corrected chi connectivity index (χ3v) is 5.84. The minimum Gasteiger partial charge on any atom is -0.490 e. The first-order chi connectivity index (χ1) is 16.7. The normalized spacial score (nSPS) is 12.2. The van der Waals surface area contributed by atoms with Gasteiger partial charge in [-0.25, -0.2) is 0 Å². The Morgan fingerprint density at radius 1 is 1.06 bits per heavy atom. The summed E-state index contributed by atoms with van der Waals surface area (Å²) in [7, 11) is 0. The highest BCUT2D eigenvalue weighted by Crippen LogP contribution is 2.33. The first kappa shape index (κ1) is 21.4. The van der Waals surface area contributed by atoms with Gasteiger partial charge in [0, 0.05) is 64.3 Å². The molecule has 166 valence electrons. The van der Waals surface area contributed by atoms with Crippen molar-refractivity contribution in [3.63, 3.8) is 0 Å². The molecule has 0 aliphatic carbocycles. The zero-order chi connectivity index (χ0) is 23.3. The van der Waals surface area contributed by atoms with Crippen LogP contribution in [0.25, 0.3) is 38.9 Å². The van der Waals surface area contributed by atoms with Crippen molar-refractivity contribution in [2.45, 2.75) is 12.5 Å². The second-order valence-electron chi connectivity index (χ2n) is 8.13. The molecule has 5 aromatic rings. The molecular formula is C28H23N5O. The van der Waals surface area contributed by atoms with Crippen molar-refractivity contribution < 1.29 is 4.74 Å². The van der Waals surface area contributed by atoms with Crippen LogP contribution in [0.2, 0.25) is 0 Å². The van der Waals surface area contributed by atoms with Gasteiger partial charge in [-0.05, 0) is 47.2 Å². The molecule has 0 amide bonds. The molecule has 0 saturated heterocycles. The maximum Gasteiger partial charge on any atom is 0.145 e. The second-order valence-corrected chi connectivity index (χ2v) is 8.13. The molecule has 0 unspecified atom stereocenters. The summed E-state index contributed by atoms with van der Waals surface area (Å²) >= 11 is 0. The van der Waals surface area contributed by atoms with Gasteiger partial charge in [0.25, 0.3) is 0 Å². The Balaban J connectivity index is 1.40. The van der Waals surface area contributed by atoms with Crippen molar-refractivity contribution in [3.05, 3.63) is 96.7 Å². The second kappa shape index (κ2) is 9.57. The SMILES string of the molecule is N#CC=Cc1c(OC[C@H](N)Cc2c[nH]c3ccccc23)cncc1-c1ccc2cnccc2c1. The fourth-order valence-corrected chi connectivity index (χ4v) is 4.18. The lowest BCUT2D eigenvalue weighted by Gasteiger charge is -2.16. The number of allylic oxidation sites excluding steroid dienone is 1. The zero-order valence-corrected chi connectivity index (χ0v) is 18.5. The van der Waals surface area contributed by atoms with Gasteiger partial charge in [0.15, 0.2) is 0 Å². The molecular weight excluding hydrogens is 422 g/mol. The van der Waals surface area contributed by atoms with Crippen LogP contribution in [0.1, 0.15) is 11.1 Å². The van der Waals surface area contributed by atoms with E-state index in [-0.39, 0.29) is 6.04 Å². The Morgan fingerprint density at radius 3 is 2.88 bits per heavy atom.